The second-order valence-corrected chi connectivity index (χ2v) is 10.5. The Kier molecular flexibility index (Phi) is 6.17. The number of fused-ring (bicyclic) bond motifs is 2. The lowest BCUT2D eigenvalue weighted by molar-refractivity contribution is 0.0539. The average molecular weight is 543 g/mol. The molecule has 5 nitrogen and oxygen atoms in total. The number of rotatable bonds is 4. The molecule has 0 spiro atoms. The number of nitrogens with one attached hydrogen (secondary N) is 2. The number of aliphatic hydroxyl groups excluding tert-OH is 1. The van der Waals surface area contributed by atoms with E-state index in [0.29, 0.717) is 5.56 Å². The molecule has 2 heterocycles. The molecule has 1 saturated heterocycles. The molecule has 4 atom stereocenters. The zero-order valence-corrected chi connectivity index (χ0v) is 21.3. The van der Waals surface area contributed by atoms with Crippen LogP contribution < -0.4 is 15.4 Å². The lowest BCUT2D eigenvalue weighted by Gasteiger charge is -2.35. The van der Waals surface area contributed by atoms with Crippen LogP contribution >= 0.6 is 11.6 Å². The van der Waals surface area contributed by atoms with Crippen molar-refractivity contribution in [3.63, 3.8) is 0 Å². The van der Waals surface area contributed by atoms with Crippen LogP contribution in [0, 0.1) is 11.6 Å². The Morgan fingerprint density at radius 2 is 1.95 bits per heavy atom. The Morgan fingerprint density at radius 1 is 1.18 bits per heavy atom. The van der Waals surface area contributed by atoms with Crippen molar-refractivity contribution in [2.45, 2.75) is 49.6 Å². The topological polar surface area (TPSA) is 70.6 Å². The predicted octanol–water partition coefficient (Wildman–Crippen LogP) is 5.15. The highest BCUT2D eigenvalue weighted by Crippen LogP contribution is 2.53. The molecule has 3 aliphatic rings. The maximum absolute atomic E-state index is 16.3. The number of alkyl halides is 1. The number of halogens is 4. The number of hydrogen-bond donors (Lipinski definition) is 3. The molecule has 9 heteroatoms. The predicted molar refractivity (Wildman–Crippen MR) is 137 cm³/mol. The van der Waals surface area contributed by atoms with Crippen LogP contribution in [0.15, 0.2) is 42.5 Å². The molecule has 2 aliphatic heterocycles. The lowest BCUT2D eigenvalue weighted by Crippen LogP contribution is -2.48. The molecule has 0 unspecified atom stereocenters. The standard InChI is InChI=1S/C29H26ClF3N2O3/c1-34-28(37)17-10-15-16(11-20(36)26(15)32)27(33)24(17)23-18-13-29(22-8-5-9-35-22,14-6-3-2-4-7-14)38-21(18)12-19(31)25(23)30/h2-4,6-7,10,12,20,22,26,35-36H,5,8-9,11,13H2,1H3,(H,34,37)/t20-,22-,26-,29-/m0/s1. The zero-order chi connectivity index (χ0) is 26.8. The fraction of sp³-hybridized carbons (Fsp3) is 0.345. The van der Waals surface area contributed by atoms with E-state index in [2.05, 4.69) is 10.6 Å². The number of hydrogen-bond acceptors (Lipinski definition) is 4. The molecule has 0 radical (unpaired) electrons. The number of benzene rings is 3. The summed E-state index contributed by atoms with van der Waals surface area (Å²) in [7, 11) is 1.37. The van der Waals surface area contributed by atoms with Crippen LogP contribution in [0.4, 0.5) is 13.2 Å². The fourth-order valence-corrected chi connectivity index (χ4v) is 6.53. The lowest BCUT2D eigenvalue weighted by atomic mass is 9.80. The van der Waals surface area contributed by atoms with E-state index in [1.807, 2.05) is 30.3 Å². The fourth-order valence-electron chi connectivity index (χ4n) is 6.26. The monoisotopic (exact) mass is 542 g/mol. The quantitative estimate of drug-likeness (QED) is 0.426. The van der Waals surface area contributed by atoms with Gasteiger partial charge in [-0.15, -0.1) is 0 Å². The maximum Gasteiger partial charge on any atom is 0.251 e. The highest BCUT2D eigenvalue weighted by atomic mass is 35.5. The van der Waals surface area contributed by atoms with Crippen LogP contribution in [0.5, 0.6) is 5.75 Å². The van der Waals surface area contributed by atoms with Crippen LogP contribution in [0.2, 0.25) is 5.02 Å². The van der Waals surface area contributed by atoms with Gasteiger partial charge in [-0.3, -0.25) is 4.79 Å². The summed E-state index contributed by atoms with van der Waals surface area (Å²) in [6.07, 6.45) is -1.54. The summed E-state index contributed by atoms with van der Waals surface area (Å²) < 4.78 is 52.9. The average Bonchev–Trinajstić information content (AvgIpc) is 3.65. The number of carbonyl (C=O) groups is 1. The van der Waals surface area contributed by atoms with Crippen molar-refractivity contribution in [1.29, 1.82) is 0 Å². The minimum Gasteiger partial charge on any atom is -0.480 e. The molecule has 3 aromatic carbocycles. The van der Waals surface area contributed by atoms with Crippen molar-refractivity contribution in [3.8, 4) is 16.9 Å². The highest BCUT2D eigenvalue weighted by molar-refractivity contribution is 6.34. The van der Waals surface area contributed by atoms with Gasteiger partial charge in [0.15, 0.2) is 11.8 Å². The van der Waals surface area contributed by atoms with Crippen LogP contribution in [0.25, 0.3) is 11.1 Å². The van der Waals surface area contributed by atoms with Gasteiger partial charge in [-0.2, -0.15) is 0 Å². The third-order valence-electron chi connectivity index (χ3n) is 8.08. The van der Waals surface area contributed by atoms with E-state index in [0.717, 1.165) is 24.9 Å². The molecule has 3 N–H and O–H groups in total. The third kappa shape index (κ3) is 3.65. The van der Waals surface area contributed by atoms with E-state index < -0.39 is 35.4 Å². The smallest absolute Gasteiger partial charge is 0.251 e. The van der Waals surface area contributed by atoms with Gasteiger partial charge >= 0.3 is 0 Å². The maximum atomic E-state index is 16.3. The van der Waals surface area contributed by atoms with Crippen molar-refractivity contribution >= 4 is 17.5 Å². The number of amides is 1. The Morgan fingerprint density at radius 3 is 2.63 bits per heavy atom. The summed E-state index contributed by atoms with van der Waals surface area (Å²) in [6.45, 7) is 0.800. The summed E-state index contributed by atoms with van der Waals surface area (Å²) in [5.41, 5.74) is -0.113. The molecule has 1 aliphatic carbocycles. The van der Waals surface area contributed by atoms with Gasteiger partial charge in [-0.1, -0.05) is 41.9 Å². The first-order valence-corrected chi connectivity index (χ1v) is 13.0. The molecular formula is C29H26ClF3N2O3. The summed E-state index contributed by atoms with van der Waals surface area (Å²) in [6, 6.07) is 11.9. The van der Waals surface area contributed by atoms with Gasteiger partial charge in [-0.25, -0.2) is 13.2 Å². The molecule has 3 aromatic rings. The zero-order valence-electron chi connectivity index (χ0n) is 20.6. The molecule has 6 rings (SSSR count). The van der Waals surface area contributed by atoms with Gasteiger partial charge in [0.1, 0.15) is 17.4 Å². The van der Waals surface area contributed by atoms with Crippen LogP contribution in [0.3, 0.4) is 0 Å². The van der Waals surface area contributed by atoms with Crippen molar-refractivity contribution in [1.82, 2.24) is 10.6 Å². The first-order chi connectivity index (χ1) is 18.3. The first kappa shape index (κ1) is 25.2. The molecule has 0 bridgehead atoms. The van der Waals surface area contributed by atoms with Crippen molar-refractivity contribution in [3.05, 3.63) is 86.9 Å². The largest absolute Gasteiger partial charge is 0.480 e. The van der Waals surface area contributed by atoms with Crippen LogP contribution in [-0.4, -0.2) is 36.8 Å². The van der Waals surface area contributed by atoms with E-state index in [1.165, 1.54) is 19.2 Å². The third-order valence-corrected chi connectivity index (χ3v) is 8.44. The SMILES string of the molecule is CNC(=O)c1cc2c(c(F)c1-c1c(Cl)c(F)cc3c1C[C@](c1ccccc1)([C@@H]1CCCN1)O3)C[C@H](O)[C@H]2F. The number of carbonyl (C=O) groups excluding carboxylic acids is 1. The number of ether oxygens (including phenoxy) is 1. The van der Waals surface area contributed by atoms with E-state index in [9.17, 15) is 14.3 Å². The van der Waals surface area contributed by atoms with E-state index in [1.54, 1.807) is 0 Å². The van der Waals surface area contributed by atoms with Crippen LogP contribution in [0.1, 0.15) is 51.6 Å². The summed E-state index contributed by atoms with van der Waals surface area (Å²) in [5, 5.41) is 15.7. The molecule has 0 saturated carbocycles. The second kappa shape index (κ2) is 9.29. The van der Waals surface area contributed by atoms with Gasteiger partial charge in [0.25, 0.3) is 5.91 Å². The minimum atomic E-state index is -1.84. The summed E-state index contributed by atoms with van der Waals surface area (Å²) >= 11 is 6.54. The summed E-state index contributed by atoms with van der Waals surface area (Å²) in [4.78, 5) is 13.0. The minimum absolute atomic E-state index is 0.00756. The van der Waals surface area contributed by atoms with Gasteiger partial charge in [0, 0.05) is 42.6 Å². The van der Waals surface area contributed by atoms with Crippen LogP contribution in [-0.2, 0) is 18.4 Å². The number of aliphatic hydroxyl groups is 1. The molecule has 1 amide bonds. The van der Waals surface area contributed by atoms with Crippen molar-refractivity contribution in [2.24, 2.45) is 0 Å². The highest BCUT2D eigenvalue weighted by Gasteiger charge is 2.50. The van der Waals surface area contributed by atoms with Gasteiger partial charge in [0.05, 0.1) is 22.7 Å². The molecular weight excluding hydrogens is 517 g/mol. The molecule has 38 heavy (non-hydrogen) atoms. The first-order valence-electron chi connectivity index (χ1n) is 12.7. The second-order valence-electron chi connectivity index (χ2n) is 10.1. The Labute approximate surface area is 223 Å². The van der Waals surface area contributed by atoms with Crippen molar-refractivity contribution in [2.75, 3.05) is 13.6 Å². The van der Waals surface area contributed by atoms with E-state index in [-0.39, 0.29) is 57.5 Å². The van der Waals surface area contributed by atoms with E-state index >= 15 is 8.78 Å². The summed E-state index contributed by atoms with van der Waals surface area (Å²) in [5.74, 6) is -2.19. The van der Waals surface area contributed by atoms with Gasteiger partial charge in [0.2, 0.25) is 0 Å². The van der Waals surface area contributed by atoms with Gasteiger partial charge in [-0.05, 0) is 42.1 Å². The van der Waals surface area contributed by atoms with Crippen molar-refractivity contribution < 1.29 is 27.8 Å². The molecule has 1 fully saturated rings. The molecule has 198 valence electrons. The Bertz CT molecular complexity index is 1450. The Hall–Kier alpha value is -3.07. The Balaban J connectivity index is 1.61. The normalized spacial score (nSPS) is 25.7. The van der Waals surface area contributed by atoms with E-state index in [4.69, 9.17) is 16.3 Å². The van der Waals surface area contributed by atoms with Gasteiger partial charge < -0.3 is 20.5 Å². The molecule has 0 aromatic heterocycles.